The lowest BCUT2D eigenvalue weighted by Crippen LogP contribution is -2.37. The van der Waals surface area contributed by atoms with Gasteiger partial charge < -0.3 is 10.1 Å². The number of rotatable bonds is 6. The van der Waals surface area contributed by atoms with Crippen LogP contribution in [-0.2, 0) is 16.1 Å². The minimum absolute atomic E-state index is 0.155. The molecule has 1 atom stereocenters. The predicted octanol–water partition coefficient (Wildman–Crippen LogP) is 3.37. The van der Waals surface area contributed by atoms with E-state index in [1.54, 1.807) is 13.0 Å². The number of benzene rings is 1. The van der Waals surface area contributed by atoms with E-state index >= 15 is 0 Å². The molecule has 1 N–H and O–H groups in total. The molecule has 1 aliphatic carbocycles. The first-order chi connectivity index (χ1) is 12.4. The molecular formula is C18H19Cl2N3O3. The van der Waals surface area contributed by atoms with Crippen LogP contribution in [-0.4, -0.2) is 33.8 Å². The Kier molecular flexibility index (Phi) is 5.53. The van der Waals surface area contributed by atoms with Crippen LogP contribution in [0.2, 0.25) is 10.2 Å². The van der Waals surface area contributed by atoms with Gasteiger partial charge in [-0.25, -0.2) is 9.48 Å². The zero-order chi connectivity index (χ0) is 18.8. The first kappa shape index (κ1) is 18.7. The van der Waals surface area contributed by atoms with Crippen LogP contribution >= 0.6 is 23.2 Å². The van der Waals surface area contributed by atoms with Crippen LogP contribution in [0.1, 0.15) is 41.4 Å². The van der Waals surface area contributed by atoms with Gasteiger partial charge in [0, 0.05) is 11.1 Å². The van der Waals surface area contributed by atoms with Gasteiger partial charge in [-0.2, -0.15) is 5.10 Å². The number of carbonyl (C=O) groups excluding carboxylic acids is 2. The second-order valence-corrected chi connectivity index (χ2v) is 7.10. The third-order valence-corrected chi connectivity index (χ3v) is 4.88. The number of aromatic nitrogens is 2. The Morgan fingerprint density at radius 1 is 1.35 bits per heavy atom. The average Bonchev–Trinajstić information content (AvgIpc) is 3.35. The van der Waals surface area contributed by atoms with E-state index in [1.165, 1.54) is 11.6 Å². The van der Waals surface area contributed by atoms with E-state index in [0.717, 1.165) is 18.4 Å². The van der Waals surface area contributed by atoms with Crippen molar-refractivity contribution in [1.29, 1.82) is 0 Å². The highest BCUT2D eigenvalue weighted by atomic mass is 35.5. The maximum atomic E-state index is 12.5. The molecule has 1 aromatic heterocycles. The smallest absolute Gasteiger partial charge is 0.343 e. The van der Waals surface area contributed by atoms with Crippen LogP contribution in [0, 0.1) is 6.92 Å². The number of hydrogen-bond donors (Lipinski definition) is 1. The van der Waals surface area contributed by atoms with Gasteiger partial charge in [-0.15, -0.1) is 0 Å². The molecule has 6 nitrogen and oxygen atoms in total. The lowest BCUT2D eigenvalue weighted by Gasteiger charge is -2.13. The highest BCUT2D eigenvalue weighted by Gasteiger charge is 2.29. The number of nitrogens with one attached hydrogen (secondary N) is 1. The van der Waals surface area contributed by atoms with Crippen LogP contribution in [0.5, 0.6) is 0 Å². The van der Waals surface area contributed by atoms with Crippen molar-refractivity contribution in [2.24, 2.45) is 0 Å². The van der Waals surface area contributed by atoms with Crippen LogP contribution in [0.25, 0.3) is 0 Å². The number of ether oxygens (including phenoxy) is 1. The van der Waals surface area contributed by atoms with Gasteiger partial charge in [-0.3, -0.25) is 4.79 Å². The second kappa shape index (κ2) is 7.68. The van der Waals surface area contributed by atoms with Gasteiger partial charge >= 0.3 is 5.97 Å². The summed E-state index contributed by atoms with van der Waals surface area (Å²) in [6.45, 7) is 3.53. The van der Waals surface area contributed by atoms with E-state index in [0.29, 0.717) is 17.3 Å². The quantitative estimate of drug-likeness (QED) is 0.760. The van der Waals surface area contributed by atoms with Crippen LogP contribution < -0.4 is 5.32 Å². The zero-order valence-corrected chi connectivity index (χ0v) is 16.0. The van der Waals surface area contributed by atoms with Gasteiger partial charge in [0.05, 0.1) is 12.2 Å². The Morgan fingerprint density at radius 2 is 2.04 bits per heavy atom. The molecule has 1 aliphatic rings. The summed E-state index contributed by atoms with van der Waals surface area (Å²) in [5.41, 5.74) is 1.42. The Bertz CT molecular complexity index is 846. The van der Waals surface area contributed by atoms with E-state index in [4.69, 9.17) is 27.9 Å². The molecular weight excluding hydrogens is 377 g/mol. The number of nitrogens with zero attached hydrogens (tertiary/aromatic N) is 2. The molecule has 1 unspecified atom stereocenters. The van der Waals surface area contributed by atoms with E-state index in [-0.39, 0.29) is 22.7 Å². The number of hydrogen-bond acceptors (Lipinski definition) is 4. The molecule has 0 bridgehead atoms. The molecule has 0 saturated heterocycles. The molecule has 138 valence electrons. The summed E-state index contributed by atoms with van der Waals surface area (Å²) < 4.78 is 6.75. The third kappa shape index (κ3) is 4.19. The van der Waals surface area contributed by atoms with Crippen molar-refractivity contribution in [1.82, 2.24) is 15.1 Å². The summed E-state index contributed by atoms with van der Waals surface area (Å²) >= 11 is 12.5. The number of aryl methyl sites for hydroxylation is 1. The lowest BCUT2D eigenvalue weighted by molar-refractivity contribution is -0.129. The fraction of sp³-hybridized carbons (Fsp3) is 0.389. The predicted molar refractivity (Wildman–Crippen MR) is 98.6 cm³/mol. The number of amides is 1. The van der Waals surface area contributed by atoms with Crippen LogP contribution in [0.15, 0.2) is 24.3 Å². The number of halogens is 2. The lowest BCUT2D eigenvalue weighted by atomic mass is 10.2. The molecule has 26 heavy (non-hydrogen) atoms. The highest BCUT2D eigenvalue weighted by molar-refractivity contribution is 6.33. The van der Waals surface area contributed by atoms with Gasteiger partial charge in [0.15, 0.2) is 6.10 Å². The van der Waals surface area contributed by atoms with Crippen molar-refractivity contribution < 1.29 is 14.3 Å². The molecule has 1 aromatic carbocycles. The van der Waals surface area contributed by atoms with Crippen molar-refractivity contribution in [3.05, 3.63) is 51.3 Å². The third-order valence-electron chi connectivity index (χ3n) is 4.12. The molecule has 0 radical (unpaired) electrons. The molecule has 0 spiro atoms. The topological polar surface area (TPSA) is 73.2 Å². The minimum atomic E-state index is -0.898. The van der Waals surface area contributed by atoms with Crippen LogP contribution in [0.4, 0.5) is 0 Å². The zero-order valence-electron chi connectivity index (χ0n) is 14.5. The van der Waals surface area contributed by atoms with E-state index in [2.05, 4.69) is 10.4 Å². The van der Waals surface area contributed by atoms with E-state index in [1.807, 2.05) is 18.2 Å². The Balaban J connectivity index is 1.73. The van der Waals surface area contributed by atoms with Crippen molar-refractivity contribution in [3.8, 4) is 0 Å². The molecule has 0 aliphatic heterocycles. The fourth-order valence-electron chi connectivity index (χ4n) is 2.50. The second-order valence-electron chi connectivity index (χ2n) is 6.33. The first-order valence-electron chi connectivity index (χ1n) is 8.34. The molecule has 1 amide bonds. The van der Waals surface area contributed by atoms with Gasteiger partial charge in [0.25, 0.3) is 5.91 Å². The standard InChI is InChI=1S/C18H19Cl2N3O3/c1-10-15(18(25)26-11(2)17(24)21-13-7-8-13)16(20)23(22-10)9-12-5-3-4-6-14(12)19/h3-6,11,13H,7-9H2,1-2H3,(H,21,24). The summed E-state index contributed by atoms with van der Waals surface area (Å²) in [6, 6.07) is 7.53. The molecule has 2 aromatic rings. The van der Waals surface area contributed by atoms with Gasteiger partial charge in [-0.05, 0) is 38.3 Å². The maximum absolute atomic E-state index is 12.5. The molecule has 1 heterocycles. The van der Waals surface area contributed by atoms with Gasteiger partial charge in [-0.1, -0.05) is 41.4 Å². The minimum Gasteiger partial charge on any atom is -0.449 e. The van der Waals surface area contributed by atoms with E-state index in [9.17, 15) is 9.59 Å². The van der Waals surface area contributed by atoms with Crippen molar-refractivity contribution in [3.63, 3.8) is 0 Å². The van der Waals surface area contributed by atoms with Gasteiger partial charge in [0.2, 0.25) is 0 Å². The molecule has 1 saturated carbocycles. The van der Waals surface area contributed by atoms with Crippen molar-refractivity contribution in [2.45, 2.75) is 45.4 Å². The first-order valence-corrected chi connectivity index (χ1v) is 9.10. The summed E-state index contributed by atoms with van der Waals surface area (Å²) in [6.07, 6.45) is 1.03. The van der Waals surface area contributed by atoms with Crippen LogP contribution in [0.3, 0.4) is 0 Å². The SMILES string of the molecule is Cc1nn(Cc2ccccc2Cl)c(Cl)c1C(=O)OC(C)C(=O)NC1CC1. The largest absolute Gasteiger partial charge is 0.449 e. The highest BCUT2D eigenvalue weighted by Crippen LogP contribution is 2.24. The summed E-state index contributed by atoms with van der Waals surface area (Å²) in [4.78, 5) is 24.4. The van der Waals surface area contributed by atoms with Gasteiger partial charge in [0.1, 0.15) is 10.7 Å². The van der Waals surface area contributed by atoms with Crippen molar-refractivity contribution in [2.75, 3.05) is 0 Å². The number of carbonyl (C=O) groups is 2. The summed E-state index contributed by atoms with van der Waals surface area (Å²) in [5.74, 6) is -0.977. The normalized spacial score (nSPS) is 14.8. The Hall–Kier alpha value is -2.05. The van der Waals surface area contributed by atoms with Crippen molar-refractivity contribution >= 4 is 35.1 Å². The monoisotopic (exact) mass is 395 g/mol. The molecule has 8 heteroatoms. The Morgan fingerprint density at radius 3 is 2.69 bits per heavy atom. The van der Waals surface area contributed by atoms with E-state index < -0.39 is 12.1 Å². The molecule has 1 fully saturated rings. The maximum Gasteiger partial charge on any atom is 0.343 e. The summed E-state index contributed by atoms with van der Waals surface area (Å²) in [5, 5.41) is 7.85. The Labute approximate surface area is 161 Å². The average molecular weight is 396 g/mol. The molecule has 3 rings (SSSR count). The number of esters is 1. The summed E-state index contributed by atoms with van der Waals surface area (Å²) in [7, 11) is 0. The fourth-order valence-corrected chi connectivity index (χ4v) is 3.00.